The van der Waals surface area contributed by atoms with E-state index in [4.69, 9.17) is 14.2 Å². The van der Waals surface area contributed by atoms with Crippen LogP contribution in [0, 0.1) is 0 Å². The van der Waals surface area contributed by atoms with E-state index < -0.39 is 0 Å². The van der Waals surface area contributed by atoms with Gasteiger partial charge in [0, 0.05) is 30.6 Å². The predicted octanol–water partition coefficient (Wildman–Crippen LogP) is 8.60. The second kappa shape index (κ2) is 11.3. The lowest BCUT2D eigenvalue weighted by molar-refractivity contribution is 0.391. The third kappa shape index (κ3) is 5.88. The van der Waals surface area contributed by atoms with Crippen LogP contribution in [-0.4, -0.2) is 19.6 Å². The number of rotatable bonds is 9. The minimum atomic E-state index is 0.0327. The first-order valence-electron chi connectivity index (χ1n) is 12.9. The molecule has 3 aromatic carbocycles. The van der Waals surface area contributed by atoms with Crippen molar-refractivity contribution in [2.75, 3.05) is 0 Å². The van der Waals surface area contributed by atoms with Crippen LogP contribution in [0.15, 0.2) is 97.3 Å². The number of phenols is 1. The molecule has 1 N–H and O–H groups in total. The summed E-state index contributed by atoms with van der Waals surface area (Å²) in [7, 11) is 0. The Bertz CT molecular complexity index is 1550. The zero-order valence-corrected chi connectivity index (χ0v) is 22.4. The molecule has 0 saturated heterocycles. The summed E-state index contributed by atoms with van der Waals surface area (Å²) >= 11 is 0. The van der Waals surface area contributed by atoms with Crippen molar-refractivity contribution in [3.63, 3.8) is 0 Å². The van der Waals surface area contributed by atoms with Crippen molar-refractivity contribution in [1.82, 2.24) is 14.5 Å². The van der Waals surface area contributed by atoms with E-state index in [0.717, 1.165) is 5.69 Å². The number of hydrogen-bond donors (Lipinski definition) is 1. The van der Waals surface area contributed by atoms with E-state index in [1.54, 1.807) is 54.7 Å². The summed E-state index contributed by atoms with van der Waals surface area (Å²) in [5.41, 5.74) is 3.57. The maximum atomic E-state index is 9.98. The van der Waals surface area contributed by atoms with E-state index in [1.165, 1.54) is 11.1 Å². The Hall–Kier alpha value is -4.78. The number of aromatic hydroxyl groups is 1. The Labute approximate surface area is 228 Å². The highest BCUT2D eigenvalue weighted by atomic mass is 16.5. The van der Waals surface area contributed by atoms with Gasteiger partial charge in [0.25, 0.3) is 0 Å². The van der Waals surface area contributed by atoms with E-state index in [2.05, 4.69) is 55.9 Å². The first-order chi connectivity index (χ1) is 18.9. The molecule has 7 nitrogen and oxygen atoms in total. The molecule has 2 heterocycles. The minimum absolute atomic E-state index is 0.0327. The van der Waals surface area contributed by atoms with Crippen molar-refractivity contribution in [2.45, 2.75) is 39.5 Å². The van der Waals surface area contributed by atoms with Gasteiger partial charge in [0.2, 0.25) is 11.8 Å². The Balaban J connectivity index is 1.38. The largest absolute Gasteiger partial charge is 0.504 e. The van der Waals surface area contributed by atoms with Gasteiger partial charge in [-0.15, -0.1) is 0 Å². The maximum absolute atomic E-state index is 9.98. The van der Waals surface area contributed by atoms with Gasteiger partial charge >= 0.3 is 6.01 Å². The standard InChI is InChI=1S/C32H31N3O4/c1-21(2)25-12-8-13-26(22(3)4)31(25)35-19-18-33-32(35)38-24-11-7-10-23(20-24)37-29-16-9-17-30(34-29)39-28-15-6-5-14-27(28)36/h5-22,36H,1-4H3. The van der Waals surface area contributed by atoms with Crippen molar-refractivity contribution >= 4 is 0 Å². The van der Waals surface area contributed by atoms with Gasteiger partial charge in [0.05, 0.1) is 5.69 Å². The topological polar surface area (TPSA) is 78.6 Å². The molecule has 5 rings (SSSR count). The average Bonchev–Trinajstić information content (AvgIpc) is 3.37. The van der Waals surface area contributed by atoms with Crippen LogP contribution >= 0.6 is 0 Å². The molecule has 0 saturated carbocycles. The fourth-order valence-corrected chi connectivity index (χ4v) is 4.32. The van der Waals surface area contributed by atoms with Crippen LogP contribution in [-0.2, 0) is 0 Å². The van der Waals surface area contributed by atoms with Crippen molar-refractivity contribution in [1.29, 1.82) is 0 Å². The predicted molar refractivity (Wildman–Crippen MR) is 151 cm³/mol. The van der Waals surface area contributed by atoms with Crippen molar-refractivity contribution in [3.05, 3.63) is 108 Å². The molecule has 0 radical (unpaired) electrons. The number of nitrogens with zero attached hydrogens (tertiary/aromatic N) is 3. The summed E-state index contributed by atoms with van der Waals surface area (Å²) < 4.78 is 20.0. The molecule has 0 aliphatic heterocycles. The summed E-state index contributed by atoms with van der Waals surface area (Å²) in [6.07, 6.45) is 3.68. The van der Waals surface area contributed by atoms with Crippen LogP contribution in [0.25, 0.3) is 5.69 Å². The lowest BCUT2D eigenvalue weighted by Gasteiger charge is -2.21. The number of pyridine rings is 1. The second-order valence-electron chi connectivity index (χ2n) is 9.74. The van der Waals surface area contributed by atoms with Gasteiger partial charge in [-0.25, -0.2) is 4.98 Å². The molecule has 0 fully saturated rings. The normalized spacial score (nSPS) is 11.1. The van der Waals surface area contributed by atoms with E-state index in [-0.39, 0.29) is 5.75 Å². The van der Waals surface area contributed by atoms with Gasteiger partial charge in [-0.2, -0.15) is 4.98 Å². The Kier molecular flexibility index (Phi) is 7.50. The molecule has 198 valence electrons. The highest BCUT2D eigenvalue weighted by molar-refractivity contribution is 5.53. The van der Waals surface area contributed by atoms with Gasteiger partial charge in [-0.3, -0.25) is 4.57 Å². The monoisotopic (exact) mass is 521 g/mol. The van der Waals surface area contributed by atoms with Gasteiger partial charge in [-0.05, 0) is 47.2 Å². The Morgan fingerprint density at radius 1 is 0.692 bits per heavy atom. The van der Waals surface area contributed by atoms with E-state index in [1.807, 2.05) is 29.0 Å². The second-order valence-corrected chi connectivity index (χ2v) is 9.74. The zero-order chi connectivity index (χ0) is 27.4. The van der Waals surface area contributed by atoms with Crippen LogP contribution < -0.4 is 14.2 Å². The SMILES string of the molecule is CC(C)c1cccc(C(C)C)c1-n1ccnc1Oc1cccc(Oc2cccc(Oc3ccccc3O)n2)c1. The molecule has 7 heteroatoms. The number of para-hydroxylation sites is 3. The van der Waals surface area contributed by atoms with Crippen LogP contribution in [0.1, 0.15) is 50.7 Å². The van der Waals surface area contributed by atoms with Gasteiger partial charge in [-0.1, -0.05) is 70.2 Å². The molecule has 39 heavy (non-hydrogen) atoms. The van der Waals surface area contributed by atoms with Crippen molar-refractivity contribution < 1.29 is 19.3 Å². The molecule has 2 aromatic heterocycles. The molecule has 0 aliphatic rings. The first kappa shape index (κ1) is 25.9. The number of ether oxygens (including phenoxy) is 3. The van der Waals surface area contributed by atoms with Crippen LogP contribution in [0.4, 0.5) is 0 Å². The summed E-state index contributed by atoms with van der Waals surface area (Å²) in [6.45, 7) is 8.77. The quantitative estimate of drug-likeness (QED) is 0.209. The third-order valence-electron chi connectivity index (χ3n) is 6.20. The Morgan fingerprint density at radius 2 is 1.31 bits per heavy atom. The summed E-state index contributed by atoms with van der Waals surface area (Å²) in [4.78, 5) is 8.91. The maximum Gasteiger partial charge on any atom is 0.306 e. The van der Waals surface area contributed by atoms with E-state index in [0.29, 0.717) is 46.9 Å². The molecule has 0 atom stereocenters. The van der Waals surface area contributed by atoms with Crippen LogP contribution in [0.5, 0.6) is 40.8 Å². The molecular weight excluding hydrogens is 490 g/mol. The lowest BCUT2D eigenvalue weighted by Crippen LogP contribution is -2.07. The number of phenolic OH excluding ortho intramolecular Hbond substituents is 1. The van der Waals surface area contributed by atoms with Crippen LogP contribution in [0.3, 0.4) is 0 Å². The fraction of sp³-hybridized carbons (Fsp3) is 0.188. The number of imidazole rings is 1. The molecular formula is C32H31N3O4. The van der Waals surface area contributed by atoms with Crippen LogP contribution in [0.2, 0.25) is 0 Å². The van der Waals surface area contributed by atoms with Gasteiger partial charge in [0.1, 0.15) is 11.5 Å². The average molecular weight is 522 g/mol. The van der Waals surface area contributed by atoms with Crippen molar-refractivity contribution in [2.24, 2.45) is 0 Å². The number of benzene rings is 3. The van der Waals surface area contributed by atoms with Gasteiger partial charge < -0.3 is 19.3 Å². The Morgan fingerprint density at radius 3 is 2.00 bits per heavy atom. The lowest BCUT2D eigenvalue weighted by atomic mass is 9.92. The highest BCUT2D eigenvalue weighted by Crippen LogP contribution is 2.35. The highest BCUT2D eigenvalue weighted by Gasteiger charge is 2.19. The fourth-order valence-electron chi connectivity index (χ4n) is 4.32. The molecule has 0 unspecified atom stereocenters. The summed E-state index contributed by atoms with van der Waals surface area (Å²) in [6, 6.07) is 26.1. The van der Waals surface area contributed by atoms with E-state index in [9.17, 15) is 5.11 Å². The molecule has 0 bridgehead atoms. The zero-order valence-electron chi connectivity index (χ0n) is 22.4. The molecule has 0 amide bonds. The minimum Gasteiger partial charge on any atom is -0.504 e. The summed E-state index contributed by atoms with van der Waals surface area (Å²) in [5.74, 6) is 2.78. The molecule has 0 spiro atoms. The molecule has 0 aliphatic carbocycles. The third-order valence-corrected chi connectivity index (χ3v) is 6.20. The number of aromatic nitrogens is 3. The first-order valence-corrected chi connectivity index (χ1v) is 12.9. The van der Waals surface area contributed by atoms with Gasteiger partial charge in [0.15, 0.2) is 11.5 Å². The smallest absolute Gasteiger partial charge is 0.306 e. The number of hydrogen-bond acceptors (Lipinski definition) is 6. The molecule has 5 aromatic rings. The summed E-state index contributed by atoms with van der Waals surface area (Å²) in [5, 5.41) is 9.98. The van der Waals surface area contributed by atoms with E-state index >= 15 is 0 Å². The van der Waals surface area contributed by atoms with Crippen molar-refractivity contribution in [3.8, 4) is 46.5 Å².